The Bertz CT molecular complexity index is 954. The third-order valence-corrected chi connectivity index (χ3v) is 4.24. The van der Waals surface area contributed by atoms with Crippen molar-refractivity contribution >= 4 is 17.4 Å². The number of ketones is 1. The molecule has 2 heterocycles. The fourth-order valence-electron chi connectivity index (χ4n) is 2.58. The molecular formula is C18H16ClN3O3. The number of benzene rings is 1. The molecule has 0 saturated carbocycles. The van der Waals surface area contributed by atoms with Crippen molar-refractivity contribution in [3.63, 3.8) is 0 Å². The van der Waals surface area contributed by atoms with E-state index in [1.165, 1.54) is 6.07 Å². The molecule has 0 unspecified atom stereocenters. The molecule has 0 aliphatic heterocycles. The number of carbonyl (C=O) groups excluding carboxylic acids is 1. The maximum atomic E-state index is 12.8. The van der Waals surface area contributed by atoms with E-state index in [1.54, 1.807) is 55.1 Å². The van der Waals surface area contributed by atoms with Crippen LogP contribution < -0.4 is 10.3 Å². The van der Waals surface area contributed by atoms with E-state index in [2.05, 4.69) is 10.2 Å². The number of ether oxygens (including phenoxy) is 1. The number of carbonyl (C=O) groups is 1. The fourth-order valence-corrected chi connectivity index (χ4v) is 2.92. The molecule has 0 fully saturated rings. The second-order valence-corrected chi connectivity index (χ2v) is 5.95. The molecule has 0 atom stereocenters. The number of hydrogen-bond acceptors (Lipinski definition) is 4. The summed E-state index contributed by atoms with van der Waals surface area (Å²) in [5, 5.41) is 6.75. The molecule has 0 aliphatic carbocycles. The first-order valence-electron chi connectivity index (χ1n) is 7.57. The van der Waals surface area contributed by atoms with Crippen molar-refractivity contribution in [2.45, 2.75) is 6.42 Å². The van der Waals surface area contributed by atoms with Gasteiger partial charge in [0.2, 0.25) is 5.78 Å². The van der Waals surface area contributed by atoms with Gasteiger partial charge in [0.25, 0.3) is 5.56 Å². The lowest BCUT2D eigenvalue weighted by Crippen LogP contribution is -2.11. The Labute approximate surface area is 149 Å². The van der Waals surface area contributed by atoms with Gasteiger partial charge in [0.1, 0.15) is 11.4 Å². The molecule has 1 aromatic carbocycles. The Morgan fingerprint density at radius 1 is 1.24 bits per heavy atom. The van der Waals surface area contributed by atoms with Crippen LogP contribution in [-0.4, -0.2) is 27.7 Å². The van der Waals surface area contributed by atoms with Gasteiger partial charge in [-0.15, -0.1) is 0 Å². The van der Waals surface area contributed by atoms with Crippen LogP contribution in [0, 0.1) is 0 Å². The summed E-state index contributed by atoms with van der Waals surface area (Å²) in [5.74, 6) is 0.509. The van der Waals surface area contributed by atoms with E-state index in [0.29, 0.717) is 34.1 Å². The van der Waals surface area contributed by atoms with Crippen LogP contribution in [0.1, 0.15) is 27.4 Å². The van der Waals surface area contributed by atoms with Crippen molar-refractivity contribution in [2.24, 2.45) is 7.05 Å². The lowest BCUT2D eigenvalue weighted by Gasteiger charge is -2.08. The molecule has 0 radical (unpaired) electrons. The highest BCUT2D eigenvalue weighted by atomic mass is 35.5. The van der Waals surface area contributed by atoms with Gasteiger partial charge < -0.3 is 9.30 Å². The third kappa shape index (κ3) is 3.49. The zero-order valence-electron chi connectivity index (χ0n) is 13.7. The van der Waals surface area contributed by atoms with Gasteiger partial charge in [-0.3, -0.25) is 9.59 Å². The zero-order valence-corrected chi connectivity index (χ0v) is 14.5. The normalized spacial score (nSPS) is 10.7. The molecule has 3 rings (SSSR count). The highest BCUT2D eigenvalue weighted by molar-refractivity contribution is 6.34. The van der Waals surface area contributed by atoms with E-state index in [9.17, 15) is 9.59 Å². The second-order valence-electron chi connectivity index (χ2n) is 5.54. The SMILES string of the molecule is COc1ccc(C(=O)c2c(Cl)cc(Cc3ccc(=O)[nH]n3)n2C)cc1. The lowest BCUT2D eigenvalue weighted by atomic mass is 10.1. The van der Waals surface area contributed by atoms with Crippen molar-refractivity contribution < 1.29 is 9.53 Å². The number of H-pyrrole nitrogens is 1. The van der Waals surface area contributed by atoms with Gasteiger partial charge in [-0.1, -0.05) is 11.6 Å². The summed E-state index contributed by atoms with van der Waals surface area (Å²) in [5.41, 5.74) is 2.18. The van der Waals surface area contributed by atoms with Gasteiger partial charge in [-0.05, 0) is 36.4 Å². The lowest BCUT2D eigenvalue weighted by molar-refractivity contribution is 0.103. The van der Waals surface area contributed by atoms with E-state index in [0.717, 1.165) is 5.69 Å². The van der Waals surface area contributed by atoms with Gasteiger partial charge in [-0.25, -0.2) is 5.10 Å². The quantitative estimate of drug-likeness (QED) is 0.712. The third-order valence-electron chi connectivity index (χ3n) is 3.95. The number of rotatable bonds is 5. The number of aromatic amines is 1. The van der Waals surface area contributed by atoms with E-state index in [1.807, 2.05) is 0 Å². The van der Waals surface area contributed by atoms with Crippen molar-refractivity contribution in [3.05, 3.63) is 80.5 Å². The second kappa shape index (κ2) is 6.94. The smallest absolute Gasteiger partial charge is 0.264 e. The van der Waals surface area contributed by atoms with Crippen molar-refractivity contribution in [3.8, 4) is 5.75 Å². The average molecular weight is 358 g/mol. The van der Waals surface area contributed by atoms with Gasteiger partial charge in [0, 0.05) is 30.8 Å². The Morgan fingerprint density at radius 2 is 1.96 bits per heavy atom. The van der Waals surface area contributed by atoms with E-state index >= 15 is 0 Å². The van der Waals surface area contributed by atoms with Crippen LogP contribution in [0.2, 0.25) is 5.02 Å². The number of nitrogens with one attached hydrogen (secondary N) is 1. The number of aromatic nitrogens is 3. The fraction of sp³-hybridized carbons (Fsp3) is 0.167. The first-order valence-corrected chi connectivity index (χ1v) is 7.95. The topological polar surface area (TPSA) is 77.0 Å². The van der Waals surface area contributed by atoms with Gasteiger partial charge in [0.05, 0.1) is 17.8 Å². The van der Waals surface area contributed by atoms with E-state index in [4.69, 9.17) is 16.3 Å². The minimum Gasteiger partial charge on any atom is -0.497 e. The van der Waals surface area contributed by atoms with E-state index < -0.39 is 0 Å². The zero-order chi connectivity index (χ0) is 18.0. The number of methoxy groups -OCH3 is 1. The standard InChI is InChI=1S/C18H16ClN3O3/c1-22-13(9-12-5-8-16(23)21-20-12)10-15(19)17(22)18(24)11-3-6-14(25-2)7-4-11/h3-8,10H,9H2,1-2H3,(H,21,23). The summed E-state index contributed by atoms with van der Waals surface area (Å²) in [4.78, 5) is 23.9. The Kier molecular flexibility index (Phi) is 4.72. The summed E-state index contributed by atoms with van der Waals surface area (Å²) in [6.07, 6.45) is 0.447. The van der Waals surface area contributed by atoms with Gasteiger partial charge in [-0.2, -0.15) is 5.10 Å². The molecule has 6 nitrogen and oxygen atoms in total. The molecule has 0 spiro atoms. The van der Waals surface area contributed by atoms with Crippen LogP contribution in [0.5, 0.6) is 5.75 Å². The molecule has 0 amide bonds. The molecule has 7 heteroatoms. The molecule has 1 N–H and O–H groups in total. The monoisotopic (exact) mass is 357 g/mol. The summed E-state index contributed by atoms with van der Waals surface area (Å²) in [6, 6.07) is 11.7. The number of halogens is 1. The Balaban J connectivity index is 1.91. The molecule has 25 heavy (non-hydrogen) atoms. The van der Waals surface area contributed by atoms with Crippen LogP contribution in [0.4, 0.5) is 0 Å². The highest BCUT2D eigenvalue weighted by Crippen LogP contribution is 2.25. The van der Waals surface area contributed by atoms with Crippen molar-refractivity contribution in [1.29, 1.82) is 0 Å². The summed E-state index contributed by atoms with van der Waals surface area (Å²) in [7, 11) is 3.35. The molecule has 3 aromatic rings. The largest absolute Gasteiger partial charge is 0.497 e. The predicted molar refractivity (Wildman–Crippen MR) is 94.5 cm³/mol. The summed E-state index contributed by atoms with van der Waals surface area (Å²) in [6.45, 7) is 0. The molecule has 0 bridgehead atoms. The highest BCUT2D eigenvalue weighted by Gasteiger charge is 2.20. The minimum absolute atomic E-state index is 0.171. The van der Waals surface area contributed by atoms with Crippen LogP contribution in [0.15, 0.2) is 47.3 Å². The van der Waals surface area contributed by atoms with Gasteiger partial charge >= 0.3 is 0 Å². The van der Waals surface area contributed by atoms with Crippen LogP contribution in [-0.2, 0) is 13.5 Å². The first kappa shape index (κ1) is 17.0. The maximum absolute atomic E-state index is 12.8. The predicted octanol–water partition coefficient (Wildman–Crippen LogP) is 2.59. The van der Waals surface area contributed by atoms with Crippen LogP contribution in [0.3, 0.4) is 0 Å². The Morgan fingerprint density at radius 3 is 2.56 bits per heavy atom. The van der Waals surface area contributed by atoms with Crippen molar-refractivity contribution in [1.82, 2.24) is 14.8 Å². The first-order chi connectivity index (χ1) is 12.0. The summed E-state index contributed by atoms with van der Waals surface area (Å²) < 4.78 is 6.86. The minimum atomic E-state index is -0.260. The number of nitrogens with zero attached hydrogens (tertiary/aromatic N) is 2. The molecule has 0 saturated heterocycles. The maximum Gasteiger partial charge on any atom is 0.264 e. The molecule has 128 valence electrons. The molecular weight excluding hydrogens is 342 g/mol. The van der Waals surface area contributed by atoms with Crippen LogP contribution >= 0.6 is 11.6 Å². The van der Waals surface area contributed by atoms with Crippen molar-refractivity contribution in [2.75, 3.05) is 7.11 Å². The van der Waals surface area contributed by atoms with Crippen LogP contribution in [0.25, 0.3) is 0 Å². The van der Waals surface area contributed by atoms with Gasteiger partial charge in [0.15, 0.2) is 0 Å². The molecule has 0 aliphatic rings. The Hall–Kier alpha value is -2.86. The molecule has 2 aromatic heterocycles. The average Bonchev–Trinajstić information content (AvgIpc) is 2.90. The summed E-state index contributed by atoms with van der Waals surface area (Å²) >= 11 is 6.30. The number of hydrogen-bond donors (Lipinski definition) is 1. The van der Waals surface area contributed by atoms with E-state index in [-0.39, 0.29) is 11.3 Å².